The third kappa shape index (κ3) is 4.88. The van der Waals surface area contributed by atoms with Crippen molar-refractivity contribution >= 4 is 32.7 Å². The second-order valence-corrected chi connectivity index (χ2v) is 11.3. The first-order valence-corrected chi connectivity index (χ1v) is 14.6. The fraction of sp³-hybridized carbons (Fsp3) is 0.667. The molecule has 0 radical (unpaired) electrons. The first-order chi connectivity index (χ1) is 17.9. The third-order valence-electron chi connectivity index (χ3n) is 8.31. The van der Waals surface area contributed by atoms with Crippen LogP contribution in [0.5, 0.6) is 0 Å². The second kappa shape index (κ2) is 10.9. The molecule has 2 saturated heterocycles. The average Bonchev–Trinajstić information content (AvgIpc) is 3.54. The van der Waals surface area contributed by atoms with Crippen molar-refractivity contribution in [3.63, 3.8) is 0 Å². The normalized spacial score (nSPS) is 24.2. The number of aromatic nitrogens is 5. The number of ether oxygens (including phenoxy) is 1. The molecule has 2 unspecified atom stereocenters. The Morgan fingerprint density at radius 3 is 2.54 bits per heavy atom. The van der Waals surface area contributed by atoms with Gasteiger partial charge in [-0.3, -0.25) is 14.4 Å². The molecule has 4 atom stereocenters. The van der Waals surface area contributed by atoms with Crippen molar-refractivity contribution in [2.75, 3.05) is 24.6 Å². The lowest BCUT2D eigenvalue weighted by atomic mass is 9.98. The molecule has 3 aromatic heterocycles. The highest BCUT2D eigenvalue weighted by Gasteiger charge is 2.37. The highest BCUT2D eigenvalue weighted by molar-refractivity contribution is 9.10. The van der Waals surface area contributed by atoms with Gasteiger partial charge in [0.2, 0.25) is 0 Å². The van der Waals surface area contributed by atoms with Crippen LogP contribution in [0.4, 0.5) is 5.69 Å². The number of pyridine rings is 1. The molecule has 2 fully saturated rings. The van der Waals surface area contributed by atoms with Crippen LogP contribution in [0.25, 0.3) is 11.0 Å². The van der Waals surface area contributed by atoms with Crippen LogP contribution in [0.1, 0.15) is 77.8 Å². The number of anilines is 1. The van der Waals surface area contributed by atoms with Crippen LogP contribution < -0.4 is 10.5 Å². The lowest BCUT2D eigenvalue weighted by Gasteiger charge is -2.49. The van der Waals surface area contributed by atoms with Crippen molar-refractivity contribution in [1.29, 1.82) is 0 Å². The molecule has 0 amide bonds. The maximum atomic E-state index is 13.1. The molecule has 3 aromatic rings. The first kappa shape index (κ1) is 26.4. The van der Waals surface area contributed by atoms with Crippen LogP contribution in [0.2, 0.25) is 0 Å². The molecule has 202 valence electrons. The monoisotopic (exact) mass is 573 g/mol. The summed E-state index contributed by atoms with van der Waals surface area (Å²) in [7, 11) is 1.83. The van der Waals surface area contributed by atoms with E-state index < -0.39 is 0 Å². The van der Waals surface area contributed by atoms with Crippen LogP contribution in [0.15, 0.2) is 27.7 Å². The Bertz CT molecular complexity index is 1290. The molecule has 0 N–H and O–H groups in total. The van der Waals surface area contributed by atoms with E-state index in [0.29, 0.717) is 6.04 Å². The standard InChI is InChI=1S/C27H40BrN7O2/c1-6-19-15-34(20(7-2)14-33(19)18(4)26-21(28)16-32(8-3)29-26)22-13-24(36)31(5)23-17-35(30-27(22)23)25-11-9-10-12-37-25/h13,16-20,25H,6-12,14-15H2,1-5H3/t18?,19-,20+,25?/m1/s1. The van der Waals surface area contributed by atoms with E-state index in [-0.39, 0.29) is 23.9 Å². The summed E-state index contributed by atoms with van der Waals surface area (Å²) in [5.41, 5.74) is 3.78. The maximum Gasteiger partial charge on any atom is 0.252 e. The van der Waals surface area contributed by atoms with E-state index in [4.69, 9.17) is 14.9 Å². The van der Waals surface area contributed by atoms with Gasteiger partial charge in [-0.2, -0.15) is 10.2 Å². The van der Waals surface area contributed by atoms with Crippen molar-refractivity contribution in [1.82, 2.24) is 29.0 Å². The highest BCUT2D eigenvalue weighted by atomic mass is 79.9. The Balaban J connectivity index is 1.50. The van der Waals surface area contributed by atoms with Gasteiger partial charge >= 0.3 is 0 Å². The first-order valence-electron chi connectivity index (χ1n) is 13.8. The van der Waals surface area contributed by atoms with Crippen molar-refractivity contribution < 1.29 is 4.74 Å². The van der Waals surface area contributed by atoms with Gasteiger partial charge < -0.3 is 14.2 Å². The zero-order valence-corrected chi connectivity index (χ0v) is 24.3. The molecule has 0 bridgehead atoms. The summed E-state index contributed by atoms with van der Waals surface area (Å²) in [6.45, 7) is 12.2. The number of hydrogen-bond donors (Lipinski definition) is 0. The Morgan fingerprint density at radius 1 is 1.11 bits per heavy atom. The number of piperazine rings is 1. The lowest BCUT2D eigenvalue weighted by molar-refractivity contribution is -0.0390. The predicted octanol–water partition coefficient (Wildman–Crippen LogP) is 4.85. The van der Waals surface area contributed by atoms with Crippen LogP contribution in [0.3, 0.4) is 0 Å². The van der Waals surface area contributed by atoms with E-state index in [1.807, 2.05) is 22.6 Å². The van der Waals surface area contributed by atoms with E-state index in [9.17, 15) is 4.79 Å². The number of fused-ring (bicyclic) bond motifs is 1. The minimum absolute atomic E-state index is 0.000604. The van der Waals surface area contributed by atoms with Crippen molar-refractivity contribution in [3.05, 3.63) is 39.0 Å². The average molecular weight is 575 g/mol. The van der Waals surface area contributed by atoms with Gasteiger partial charge in [-0.1, -0.05) is 13.8 Å². The SMILES string of the molecule is CC[C@H]1CN(C(C)c2nn(CC)cc2Br)[C@H](CC)CN1c1cc(=O)n(C)c2cn(C3CCCCO3)nc12. The summed E-state index contributed by atoms with van der Waals surface area (Å²) in [5, 5.41) is 9.87. The minimum Gasteiger partial charge on any atom is -0.364 e. The Labute approximate surface area is 227 Å². The van der Waals surface area contributed by atoms with E-state index >= 15 is 0 Å². The summed E-state index contributed by atoms with van der Waals surface area (Å²) < 4.78 is 12.7. The van der Waals surface area contributed by atoms with Gasteiger partial charge in [-0.05, 0) is 61.9 Å². The van der Waals surface area contributed by atoms with Gasteiger partial charge in [0.25, 0.3) is 5.56 Å². The zero-order valence-electron chi connectivity index (χ0n) is 22.7. The topological polar surface area (TPSA) is 73.4 Å². The third-order valence-corrected chi connectivity index (χ3v) is 8.92. The van der Waals surface area contributed by atoms with Crippen molar-refractivity contribution in [2.45, 2.75) is 90.7 Å². The summed E-state index contributed by atoms with van der Waals surface area (Å²) in [6.07, 6.45) is 9.18. The molecule has 0 aromatic carbocycles. The predicted molar refractivity (Wildman–Crippen MR) is 150 cm³/mol. The summed E-state index contributed by atoms with van der Waals surface area (Å²) >= 11 is 3.75. The van der Waals surface area contributed by atoms with E-state index in [0.717, 1.165) is 85.2 Å². The van der Waals surface area contributed by atoms with E-state index in [2.05, 4.69) is 59.6 Å². The molecule has 0 spiro atoms. The van der Waals surface area contributed by atoms with Crippen LogP contribution in [-0.4, -0.2) is 60.8 Å². The van der Waals surface area contributed by atoms with E-state index in [1.54, 1.807) is 10.6 Å². The molecular formula is C27H40BrN7O2. The van der Waals surface area contributed by atoms with Gasteiger partial charge in [-0.15, -0.1) is 0 Å². The Hall–Kier alpha value is -2.17. The molecule has 2 aliphatic rings. The quantitative estimate of drug-likeness (QED) is 0.402. The van der Waals surface area contributed by atoms with Crippen LogP contribution in [0, 0.1) is 0 Å². The fourth-order valence-corrected chi connectivity index (χ4v) is 6.63. The maximum absolute atomic E-state index is 13.1. The van der Waals surface area contributed by atoms with Crippen molar-refractivity contribution in [2.24, 2.45) is 7.05 Å². The van der Waals surface area contributed by atoms with E-state index in [1.165, 1.54) is 0 Å². The van der Waals surface area contributed by atoms with Gasteiger partial charge in [0, 0.05) is 57.6 Å². The molecule has 37 heavy (non-hydrogen) atoms. The number of hydrogen-bond acceptors (Lipinski definition) is 6. The lowest BCUT2D eigenvalue weighted by Crippen LogP contribution is -2.59. The van der Waals surface area contributed by atoms with Crippen LogP contribution >= 0.6 is 15.9 Å². The number of halogens is 1. The Morgan fingerprint density at radius 2 is 1.89 bits per heavy atom. The molecule has 10 heteroatoms. The zero-order chi connectivity index (χ0) is 26.3. The van der Waals surface area contributed by atoms with Gasteiger partial charge in [0.1, 0.15) is 11.7 Å². The molecule has 9 nitrogen and oxygen atoms in total. The number of rotatable bonds is 7. The molecule has 2 aliphatic heterocycles. The smallest absolute Gasteiger partial charge is 0.252 e. The number of aryl methyl sites for hydroxylation is 2. The summed E-state index contributed by atoms with van der Waals surface area (Å²) in [6, 6.07) is 2.58. The molecule has 5 heterocycles. The fourth-order valence-electron chi connectivity index (χ4n) is 5.98. The van der Waals surface area contributed by atoms with Gasteiger partial charge in [-0.25, -0.2) is 4.68 Å². The molecule has 5 rings (SSSR count). The van der Waals surface area contributed by atoms with Crippen molar-refractivity contribution in [3.8, 4) is 0 Å². The molecule has 0 saturated carbocycles. The summed E-state index contributed by atoms with van der Waals surface area (Å²) in [5.74, 6) is 0. The van der Waals surface area contributed by atoms with Gasteiger partial charge in [0.15, 0.2) is 0 Å². The molecular weight excluding hydrogens is 534 g/mol. The Kier molecular flexibility index (Phi) is 7.79. The molecule has 0 aliphatic carbocycles. The minimum atomic E-state index is -0.0615. The van der Waals surface area contributed by atoms with Crippen LogP contribution in [-0.2, 0) is 18.3 Å². The highest BCUT2D eigenvalue weighted by Crippen LogP contribution is 2.36. The largest absolute Gasteiger partial charge is 0.364 e. The summed E-state index contributed by atoms with van der Waals surface area (Å²) in [4.78, 5) is 18.1. The number of nitrogens with zero attached hydrogens (tertiary/aromatic N) is 7. The van der Waals surface area contributed by atoms with Gasteiger partial charge in [0.05, 0.1) is 33.6 Å². The second-order valence-electron chi connectivity index (χ2n) is 10.5.